The fourth-order valence-electron chi connectivity index (χ4n) is 3.03. The van der Waals surface area contributed by atoms with E-state index in [-0.39, 0.29) is 0 Å². The molecule has 1 aromatic carbocycles. The van der Waals surface area contributed by atoms with E-state index in [2.05, 4.69) is 14.0 Å². The Balaban J connectivity index is 0.000000263. The molecule has 0 amide bonds. The van der Waals surface area contributed by atoms with Gasteiger partial charge < -0.3 is 14.4 Å². The van der Waals surface area contributed by atoms with Crippen LogP contribution in [0.3, 0.4) is 0 Å². The molecule has 3 nitrogen and oxygen atoms in total. The van der Waals surface area contributed by atoms with Crippen LogP contribution in [0.4, 0.5) is 22.0 Å². The first-order chi connectivity index (χ1) is 12.1. The van der Waals surface area contributed by atoms with Crippen molar-refractivity contribution >= 4 is 5.97 Å². The molecule has 0 unspecified atom stereocenters. The minimum absolute atomic E-state index is 1.36. The molecule has 0 atom stereocenters. The Morgan fingerprint density at radius 3 is 1.77 bits per heavy atom. The molecule has 26 heavy (non-hydrogen) atoms. The number of halogens is 5. The van der Waals surface area contributed by atoms with Crippen LogP contribution in [0, 0.1) is 29.1 Å². The number of likely N-dealkylation sites (tertiary alicyclic amines) is 1. The number of quaternary nitrogens is 1. The van der Waals surface area contributed by atoms with Crippen molar-refractivity contribution < 1.29 is 36.3 Å². The second-order valence-electron chi connectivity index (χ2n) is 6.79. The molecule has 8 heteroatoms. The summed E-state index contributed by atoms with van der Waals surface area (Å²) in [4.78, 5) is 10.0. The topological polar surface area (TPSA) is 40.1 Å². The van der Waals surface area contributed by atoms with Gasteiger partial charge in [-0.15, -0.1) is 0 Å². The van der Waals surface area contributed by atoms with Crippen molar-refractivity contribution in [1.82, 2.24) is 0 Å². The van der Waals surface area contributed by atoms with Crippen molar-refractivity contribution in [2.75, 3.05) is 26.7 Å². The summed E-state index contributed by atoms with van der Waals surface area (Å²) in [7, 11) is 2.43. The van der Waals surface area contributed by atoms with Gasteiger partial charge in [-0.2, -0.15) is 0 Å². The quantitative estimate of drug-likeness (QED) is 0.249. The standard InChI is InChI=1S/C11H24N.C7HF5O2/c1-3-4-5-6-9-12(2)10-7-8-11-12;8-2-1(7(13)14)3(9)5(11)6(12)4(2)10/h3-11H2,1-2H3;(H,13,14)/q+1;/p-1. The Morgan fingerprint density at radius 1 is 0.885 bits per heavy atom. The summed E-state index contributed by atoms with van der Waals surface area (Å²) in [6.45, 7) is 6.59. The van der Waals surface area contributed by atoms with Gasteiger partial charge in [0, 0.05) is 12.8 Å². The molecule has 0 bridgehead atoms. The third-order valence-corrected chi connectivity index (χ3v) is 4.61. The number of carbonyl (C=O) groups is 1. The number of aromatic carboxylic acids is 1. The molecule has 0 N–H and O–H groups in total. The van der Waals surface area contributed by atoms with Crippen LogP contribution in [0.25, 0.3) is 0 Å². The maximum atomic E-state index is 12.5. The molecule has 0 spiro atoms. The number of rotatable bonds is 6. The normalized spacial score (nSPS) is 15.5. The predicted molar refractivity (Wildman–Crippen MR) is 84.7 cm³/mol. The molecular weight excluding hydrogens is 357 g/mol. The van der Waals surface area contributed by atoms with E-state index < -0.39 is 40.6 Å². The number of hydrogen-bond donors (Lipinski definition) is 0. The third kappa shape index (κ3) is 5.65. The number of carbonyl (C=O) groups excluding carboxylic acids is 1. The molecule has 1 aliphatic heterocycles. The van der Waals surface area contributed by atoms with E-state index in [4.69, 9.17) is 0 Å². The lowest BCUT2D eigenvalue weighted by molar-refractivity contribution is -0.897. The molecular formula is C18H24F5NO2. The highest BCUT2D eigenvalue weighted by Gasteiger charge is 2.26. The maximum Gasteiger partial charge on any atom is 0.200 e. The maximum absolute atomic E-state index is 12.5. The predicted octanol–water partition coefficient (Wildman–Crippen LogP) is 3.55. The smallest absolute Gasteiger partial charge is 0.200 e. The Hall–Kier alpha value is -1.70. The Labute approximate surface area is 150 Å². The van der Waals surface area contributed by atoms with Gasteiger partial charge in [0.1, 0.15) is 0 Å². The van der Waals surface area contributed by atoms with E-state index >= 15 is 0 Å². The summed E-state index contributed by atoms with van der Waals surface area (Å²) < 4.78 is 63.3. The minimum Gasteiger partial charge on any atom is -0.545 e. The lowest BCUT2D eigenvalue weighted by Crippen LogP contribution is -2.41. The van der Waals surface area contributed by atoms with Crippen LogP contribution in [0.15, 0.2) is 0 Å². The Kier molecular flexibility index (Phi) is 8.46. The van der Waals surface area contributed by atoms with E-state index in [1.807, 2.05) is 0 Å². The van der Waals surface area contributed by atoms with Gasteiger partial charge in [-0.05, 0) is 12.8 Å². The summed E-state index contributed by atoms with van der Waals surface area (Å²) in [5.74, 6) is -14.4. The molecule has 0 saturated carbocycles. The van der Waals surface area contributed by atoms with E-state index in [1.165, 1.54) is 62.6 Å². The first kappa shape index (κ1) is 22.3. The zero-order chi connectivity index (χ0) is 19.9. The first-order valence-corrected chi connectivity index (χ1v) is 8.71. The van der Waals surface area contributed by atoms with E-state index in [0.717, 1.165) is 0 Å². The van der Waals surface area contributed by atoms with Crippen LogP contribution >= 0.6 is 0 Å². The molecule has 1 fully saturated rings. The van der Waals surface area contributed by atoms with Gasteiger partial charge in [-0.1, -0.05) is 19.8 Å². The average molecular weight is 381 g/mol. The van der Waals surface area contributed by atoms with Crippen LogP contribution < -0.4 is 5.11 Å². The van der Waals surface area contributed by atoms with Gasteiger partial charge >= 0.3 is 0 Å². The highest BCUT2D eigenvalue weighted by atomic mass is 19.2. The molecule has 2 rings (SSSR count). The second-order valence-corrected chi connectivity index (χ2v) is 6.79. The van der Waals surface area contributed by atoms with Crippen LogP contribution in [0.5, 0.6) is 0 Å². The Bertz CT molecular complexity index is 601. The van der Waals surface area contributed by atoms with Gasteiger partial charge in [0.05, 0.1) is 38.2 Å². The lowest BCUT2D eigenvalue weighted by Gasteiger charge is -2.29. The van der Waals surface area contributed by atoms with E-state index in [0.29, 0.717) is 0 Å². The number of hydrogen-bond acceptors (Lipinski definition) is 2. The highest BCUT2D eigenvalue weighted by molar-refractivity contribution is 5.86. The highest BCUT2D eigenvalue weighted by Crippen LogP contribution is 2.22. The zero-order valence-electron chi connectivity index (χ0n) is 15.0. The van der Waals surface area contributed by atoms with Crippen LogP contribution in [0.1, 0.15) is 55.8 Å². The van der Waals surface area contributed by atoms with Crippen molar-refractivity contribution in [2.45, 2.75) is 45.4 Å². The summed E-state index contributed by atoms with van der Waals surface area (Å²) in [5, 5.41) is 10.0. The zero-order valence-corrected chi connectivity index (χ0v) is 15.0. The average Bonchev–Trinajstić information content (AvgIpc) is 3.02. The number of carboxylic acids is 1. The number of unbranched alkanes of at least 4 members (excludes halogenated alkanes) is 3. The summed E-state index contributed by atoms with van der Waals surface area (Å²) >= 11 is 0. The van der Waals surface area contributed by atoms with Gasteiger partial charge in [0.2, 0.25) is 5.82 Å². The SMILES string of the molecule is CCCCCC[N+]1(C)CCCC1.O=C([O-])c1c(F)c(F)c(F)c(F)c1F. The van der Waals surface area contributed by atoms with Crippen LogP contribution in [-0.2, 0) is 0 Å². The number of carboxylic acid groups (broad SMARTS) is 1. The fraction of sp³-hybridized carbons (Fsp3) is 0.611. The molecule has 0 radical (unpaired) electrons. The first-order valence-electron chi connectivity index (χ1n) is 8.71. The summed E-state index contributed by atoms with van der Waals surface area (Å²) in [6.07, 6.45) is 8.62. The largest absolute Gasteiger partial charge is 0.545 e. The lowest BCUT2D eigenvalue weighted by atomic mass is 10.1. The molecule has 0 aromatic heterocycles. The fourth-order valence-corrected chi connectivity index (χ4v) is 3.03. The molecule has 1 aliphatic rings. The van der Waals surface area contributed by atoms with Crippen molar-refractivity contribution in [3.63, 3.8) is 0 Å². The third-order valence-electron chi connectivity index (χ3n) is 4.61. The van der Waals surface area contributed by atoms with Crippen LogP contribution in [-0.4, -0.2) is 37.1 Å². The van der Waals surface area contributed by atoms with Crippen molar-refractivity contribution in [3.05, 3.63) is 34.6 Å². The van der Waals surface area contributed by atoms with E-state index in [9.17, 15) is 31.9 Å². The van der Waals surface area contributed by atoms with Crippen molar-refractivity contribution in [1.29, 1.82) is 0 Å². The summed E-state index contributed by atoms with van der Waals surface area (Å²) in [5.41, 5.74) is -1.97. The van der Waals surface area contributed by atoms with Crippen LogP contribution in [0.2, 0.25) is 0 Å². The van der Waals surface area contributed by atoms with Crippen molar-refractivity contribution in [2.24, 2.45) is 0 Å². The molecule has 148 valence electrons. The Morgan fingerprint density at radius 2 is 1.35 bits per heavy atom. The van der Waals surface area contributed by atoms with Gasteiger partial charge in [-0.3, -0.25) is 0 Å². The molecule has 1 heterocycles. The van der Waals surface area contributed by atoms with Gasteiger partial charge in [0.25, 0.3) is 0 Å². The second kappa shape index (κ2) is 9.85. The van der Waals surface area contributed by atoms with Gasteiger partial charge in [0.15, 0.2) is 23.3 Å². The number of nitrogens with zero attached hydrogens (tertiary/aromatic N) is 1. The van der Waals surface area contributed by atoms with Gasteiger partial charge in [-0.25, -0.2) is 22.0 Å². The number of benzene rings is 1. The molecule has 1 saturated heterocycles. The monoisotopic (exact) mass is 381 g/mol. The minimum atomic E-state index is -2.47. The summed E-state index contributed by atoms with van der Waals surface area (Å²) in [6, 6.07) is 0. The van der Waals surface area contributed by atoms with Crippen molar-refractivity contribution in [3.8, 4) is 0 Å². The molecule has 1 aromatic rings. The van der Waals surface area contributed by atoms with E-state index in [1.54, 1.807) is 0 Å². The molecule has 0 aliphatic carbocycles.